The highest BCUT2D eigenvalue weighted by Gasteiger charge is 2.23. The Morgan fingerprint density at radius 2 is 1.95 bits per heavy atom. The van der Waals surface area contributed by atoms with Crippen LogP contribution in [0, 0.1) is 12.8 Å². The predicted molar refractivity (Wildman–Crippen MR) is 87.3 cm³/mol. The van der Waals surface area contributed by atoms with E-state index in [2.05, 4.69) is 10.6 Å². The molecule has 0 aliphatic carbocycles. The Morgan fingerprint density at radius 3 is 2.68 bits per heavy atom. The summed E-state index contributed by atoms with van der Waals surface area (Å²) < 4.78 is 5.90. The van der Waals surface area contributed by atoms with Gasteiger partial charge in [-0.1, -0.05) is 29.8 Å². The lowest BCUT2D eigenvalue weighted by Gasteiger charge is -2.14. The van der Waals surface area contributed by atoms with Gasteiger partial charge in [-0.05, 0) is 44.2 Å². The molecule has 1 fully saturated rings. The van der Waals surface area contributed by atoms with Gasteiger partial charge in [0.05, 0.1) is 11.6 Å². The average Bonchev–Trinajstić information content (AvgIpc) is 3.06. The molecular weight excluding hydrogens is 276 g/mol. The van der Waals surface area contributed by atoms with Crippen molar-refractivity contribution in [2.45, 2.75) is 13.3 Å². The smallest absolute Gasteiger partial charge is 0.228 e. The Kier molecular flexibility index (Phi) is 4.39. The Morgan fingerprint density at radius 1 is 1.18 bits per heavy atom. The van der Waals surface area contributed by atoms with Gasteiger partial charge in [-0.15, -0.1) is 0 Å². The van der Waals surface area contributed by atoms with E-state index in [-0.39, 0.29) is 11.8 Å². The fourth-order valence-electron chi connectivity index (χ4n) is 2.51. The molecule has 1 unspecified atom stereocenters. The third-order valence-electron chi connectivity index (χ3n) is 3.82. The Balaban J connectivity index is 1.74. The SMILES string of the molecule is Cc1ccc(Oc2ccccc2NC(=O)C2CCNC2)cc1. The van der Waals surface area contributed by atoms with E-state index in [4.69, 9.17) is 4.74 Å². The maximum atomic E-state index is 12.3. The first-order valence-corrected chi connectivity index (χ1v) is 7.57. The van der Waals surface area contributed by atoms with Crippen molar-refractivity contribution in [2.24, 2.45) is 5.92 Å². The van der Waals surface area contributed by atoms with Crippen LogP contribution in [0.1, 0.15) is 12.0 Å². The van der Waals surface area contributed by atoms with Crippen LogP contribution in [-0.4, -0.2) is 19.0 Å². The predicted octanol–water partition coefficient (Wildman–Crippen LogP) is 3.34. The van der Waals surface area contributed by atoms with E-state index in [9.17, 15) is 4.79 Å². The second-order valence-corrected chi connectivity index (χ2v) is 5.59. The molecule has 0 saturated carbocycles. The van der Waals surface area contributed by atoms with E-state index >= 15 is 0 Å². The normalized spacial score (nSPS) is 17.2. The van der Waals surface area contributed by atoms with E-state index in [1.54, 1.807) is 0 Å². The van der Waals surface area contributed by atoms with Gasteiger partial charge in [0.1, 0.15) is 5.75 Å². The lowest BCUT2D eigenvalue weighted by molar-refractivity contribution is -0.119. The van der Waals surface area contributed by atoms with Gasteiger partial charge < -0.3 is 15.4 Å². The quantitative estimate of drug-likeness (QED) is 0.910. The lowest BCUT2D eigenvalue weighted by atomic mass is 10.1. The Hall–Kier alpha value is -2.33. The molecule has 1 atom stereocenters. The molecule has 0 aromatic heterocycles. The highest BCUT2D eigenvalue weighted by Crippen LogP contribution is 2.30. The number of carbonyl (C=O) groups is 1. The van der Waals surface area contributed by atoms with Gasteiger partial charge in [0.25, 0.3) is 0 Å². The summed E-state index contributed by atoms with van der Waals surface area (Å²) >= 11 is 0. The summed E-state index contributed by atoms with van der Waals surface area (Å²) in [5.41, 5.74) is 1.89. The summed E-state index contributed by atoms with van der Waals surface area (Å²) in [4.78, 5) is 12.3. The first-order chi connectivity index (χ1) is 10.7. The summed E-state index contributed by atoms with van der Waals surface area (Å²) in [6.45, 7) is 3.68. The minimum Gasteiger partial charge on any atom is -0.455 e. The number of hydrogen-bond acceptors (Lipinski definition) is 3. The summed E-state index contributed by atoms with van der Waals surface area (Å²) in [6, 6.07) is 15.4. The number of benzene rings is 2. The van der Waals surface area contributed by atoms with Gasteiger partial charge in [0.15, 0.2) is 5.75 Å². The molecule has 0 bridgehead atoms. The van der Waals surface area contributed by atoms with E-state index in [0.29, 0.717) is 11.4 Å². The Bertz CT molecular complexity index is 646. The van der Waals surface area contributed by atoms with E-state index < -0.39 is 0 Å². The first kappa shape index (κ1) is 14.6. The van der Waals surface area contributed by atoms with Gasteiger partial charge in [0.2, 0.25) is 5.91 Å². The molecule has 4 nitrogen and oxygen atoms in total. The number of aryl methyl sites for hydroxylation is 1. The van der Waals surface area contributed by atoms with Crippen molar-refractivity contribution in [3.8, 4) is 11.5 Å². The average molecular weight is 296 g/mol. The van der Waals surface area contributed by atoms with Gasteiger partial charge in [0, 0.05) is 6.54 Å². The van der Waals surface area contributed by atoms with Crippen LogP contribution < -0.4 is 15.4 Å². The van der Waals surface area contributed by atoms with Crippen molar-refractivity contribution in [3.63, 3.8) is 0 Å². The largest absolute Gasteiger partial charge is 0.455 e. The zero-order chi connectivity index (χ0) is 15.4. The minimum atomic E-state index is 0.0347. The molecular formula is C18H20N2O2. The molecule has 1 aliphatic rings. The van der Waals surface area contributed by atoms with Crippen molar-refractivity contribution in [3.05, 3.63) is 54.1 Å². The van der Waals surface area contributed by atoms with Crippen molar-refractivity contribution in [1.29, 1.82) is 0 Å². The molecule has 1 aliphatic heterocycles. The number of para-hydroxylation sites is 2. The summed E-state index contributed by atoms with van der Waals surface area (Å²) in [5.74, 6) is 1.50. The van der Waals surface area contributed by atoms with Crippen LogP contribution >= 0.6 is 0 Å². The summed E-state index contributed by atoms with van der Waals surface area (Å²) in [7, 11) is 0. The van der Waals surface area contributed by atoms with Crippen molar-refractivity contribution >= 4 is 11.6 Å². The van der Waals surface area contributed by atoms with Crippen LogP contribution in [0.2, 0.25) is 0 Å². The number of carbonyl (C=O) groups excluding carboxylic acids is 1. The fraction of sp³-hybridized carbons (Fsp3) is 0.278. The first-order valence-electron chi connectivity index (χ1n) is 7.57. The van der Waals surface area contributed by atoms with E-state index in [1.807, 2.05) is 55.5 Å². The Labute approximate surface area is 130 Å². The molecule has 22 heavy (non-hydrogen) atoms. The number of ether oxygens (including phenoxy) is 1. The maximum Gasteiger partial charge on any atom is 0.228 e. The molecule has 114 valence electrons. The molecule has 1 saturated heterocycles. The summed E-state index contributed by atoms with van der Waals surface area (Å²) in [5, 5.41) is 6.19. The van der Waals surface area contributed by atoms with Crippen molar-refractivity contribution in [1.82, 2.24) is 5.32 Å². The van der Waals surface area contributed by atoms with Crippen LogP contribution in [0.3, 0.4) is 0 Å². The van der Waals surface area contributed by atoms with Crippen molar-refractivity contribution in [2.75, 3.05) is 18.4 Å². The van der Waals surface area contributed by atoms with Crippen LogP contribution in [0.25, 0.3) is 0 Å². The topological polar surface area (TPSA) is 50.4 Å². The van der Waals surface area contributed by atoms with Crippen LogP contribution in [0.15, 0.2) is 48.5 Å². The highest BCUT2D eigenvalue weighted by molar-refractivity contribution is 5.94. The number of anilines is 1. The third-order valence-corrected chi connectivity index (χ3v) is 3.82. The van der Waals surface area contributed by atoms with Gasteiger partial charge in [-0.2, -0.15) is 0 Å². The van der Waals surface area contributed by atoms with Gasteiger partial charge in [-0.25, -0.2) is 0 Å². The zero-order valence-electron chi connectivity index (χ0n) is 12.6. The van der Waals surface area contributed by atoms with Crippen LogP contribution in [-0.2, 0) is 4.79 Å². The number of amides is 1. The van der Waals surface area contributed by atoms with Crippen LogP contribution in [0.5, 0.6) is 11.5 Å². The van der Waals surface area contributed by atoms with Crippen molar-refractivity contribution < 1.29 is 9.53 Å². The molecule has 2 aromatic rings. The van der Waals surface area contributed by atoms with Crippen LogP contribution in [0.4, 0.5) is 5.69 Å². The van der Waals surface area contributed by atoms with Gasteiger partial charge >= 0.3 is 0 Å². The molecule has 3 rings (SSSR count). The zero-order valence-corrected chi connectivity index (χ0v) is 12.6. The molecule has 2 aromatic carbocycles. The highest BCUT2D eigenvalue weighted by atomic mass is 16.5. The lowest BCUT2D eigenvalue weighted by Crippen LogP contribution is -2.24. The second kappa shape index (κ2) is 6.62. The maximum absolute atomic E-state index is 12.3. The van der Waals surface area contributed by atoms with E-state index in [1.165, 1.54) is 5.56 Å². The standard InChI is InChI=1S/C18H20N2O2/c1-13-6-8-15(9-7-13)22-17-5-3-2-4-16(17)20-18(21)14-10-11-19-12-14/h2-9,14,19H,10-12H2,1H3,(H,20,21). The third kappa shape index (κ3) is 3.46. The molecule has 0 spiro atoms. The number of nitrogens with one attached hydrogen (secondary N) is 2. The monoisotopic (exact) mass is 296 g/mol. The molecule has 1 heterocycles. The molecule has 2 N–H and O–H groups in total. The fourth-order valence-corrected chi connectivity index (χ4v) is 2.51. The second-order valence-electron chi connectivity index (χ2n) is 5.59. The molecule has 0 radical (unpaired) electrons. The van der Waals surface area contributed by atoms with Gasteiger partial charge in [-0.3, -0.25) is 4.79 Å². The number of hydrogen-bond donors (Lipinski definition) is 2. The summed E-state index contributed by atoms with van der Waals surface area (Å²) in [6.07, 6.45) is 0.882. The number of rotatable bonds is 4. The minimum absolute atomic E-state index is 0.0347. The molecule has 1 amide bonds. The van der Waals surface area contributed by atoms with E-state index in [0.717, 1.165) is 25.3 Å². The molecule has 4 heteroatoms.